The molecule has 2 aromatic heterocycles. The van der Waals surface area contributed by atoms with E-state index in [-0.39, 0.29) is 23.6 Å². The van der Waals surface area contributed by atoms with Gasteiger partial charge in [-0.1, -0.05) is 12.1 Å². The standard InChI is InChI=1S/C18H17N3O4S/c1-3-21-9-20-16-13(17(21)23)10(2)14(26-16)15(22)19-8-11-4-6-12(7-5-11)18(24)25/h4-7,9H,3,8H2,1-2H3,(H,19,22)(H,24,25). The van der Waals surface area contributed by atoms with Crippen molar-refractivity contribution in [3.63, 3.8) is 0 Å². The largest absolute Gasteiger partial charge is 0.478 e. The minimum atomic E-state index is -0.994. The summed E-state index contributed by atoms with van der Waals surface area (Å²) in [5.74, 6) is -1.28. The Bertz CT molecular complexity index is 1050. The van der Waals surface area contributed by atoms with Gasteiger partial charge in [-0.15, -0.1) is 11.3 Å². The van der Waals surface area contributed by atoms with Gasteiger partial charge in [0.25, 0.3) is 11.5 Å². The van der Waals surface area contributed by atoms with E-state index >= 15 is 0 Å². The van der Waals surface area contributed by atoms with Gasteiger partial charge in [0.2, 0.25) is 0 Å². The van der Waals surface area contributed by atoms with Crippen molar-refractivity contribution in [3.8, 4) is 0 Å². The summed E-state index contributed by atoms with van der Waals surface area (Å²) >= 11 is 1.19. The van der Waals surface area contributed by atoms with Crippen LogP contribution in [-0.2, 0) is 13.1 Å². The molecule has 0 saturated carbocycles. The van der Waals surface area contributed by atoms with Gasteiger partial charge in [-0.25, -0.2) is 9.78 Å². The Morgan fingerprint density at radius 1 is 1.27 bits per heavy atom. The summed E-state index contributed by atoms with van der Waals surface area (Å²) in [5.41, 5.74) is 1.46. The van der Waals surface area contributed by atoms with Crippen molar-refractivity contribution in [2.24, 2.45) is 0 Å². The molecule has 3 aromatic rings. The van der Waals surface area contributed by atoms with E-state index in [9.17, 15) is 14.4 Å². The second-order valence-corrected chi connectivity index (χ2v) is 6.76. The second kappa shape index (κ2) is 7.09. The summed E-state index contributed by atoms with van der Waals surface area (Å²) in [4.78, 5) is 41.1. The normalized spacial score (nSPS) is 10.8. The average Bonchev–Trinajstić information content (AvgIpc) is 2.98. The monoisotopic (exact) mass is 371 g/mol. The molecule has 3 rings (SSSR count). The Balaban J connectivity index is 1.82. The van der Waals surface area contributed by atoms with Crippen LogP contribution in [0.15, 0.2) is 35.4 Å². The van der Waals surface area contributed by atoms with Gasteiger partial charge < -0.3 is 10.4 Å². The molecule has 2 N–H and O–H groups in total. The SMILES string of the molecule is CCn1cnc2sc(C(=O)NCc3ccc(C(=O)O)cc3)c(C)c2c1=O. The van der Waals surface area contributed by atoms with Crippen molar-refractivity contribution in [3.05, 3.63) is 62.5 Å². The van der Waals surface area contributed by atoms with Crippen LogP contribution in [0, 0.1) is 6.92 Å². The van der Waals surface area contributed by atoms with Crippen LogP contribution in [-0.4, -0.2) is 26.5 Å². The Labute approximate surface area is 152 Å². The number of benzene rings is 1. The molecule has 134 valence electrons. The van der Waals surface area contributed by atoms with Crippen LogP contribution < -0.4 is 10.9 Å². The maximum absolute atomic E-state index is 12.5. The molecule has 0 saturated heterocycles. The van der Waals surface area contributed by atoms with Crippen LogP contribution in [0.2, 0.25) is 0 Å². The second-order valence-electron chi connectivity index (χ2n) is 5.76. The lowest BCUT2D eigenvalue weighted by molar-refractivity contribution is 0.0696. The maximum Gasteiger partial charge on any atom is 0.335 e. The summed E-state index contributed by atoms with van der Waals surface area (Å²) in [6.07, 6.45) is 1.49. The predicted molar refractivity (Wildman–Crippen MR) is 98.9 cm³/mol. The molecule has 0 aliphatic carbocycles. The quantitative estimate of drug-likeness (QED) is 0.717. The van der Waals surface area contributed by atoms with Gasteiger partial charge in [0.1, 0.15) is 4.83 Å². The first kappa shape index (κ1) is 17.8. The number of hydrogen-bond donors (Lipinski definition) is 2. The zero-order valence-corrected chi connectivity index (χ0v) is 15.1. The fraction of sp³-hybridized carbons (Fsp3) is 0.222. The van der Waals surface area contributed by atoms with Crippen LogP contribution in [0.3, 0.4) is 0 Å². The molecule has 0 spiro atoms. The van der Waals surface area contributed by atoms with Crippen LogP contribution >= 0.6 is 11.3 Å². The van der Waals surface area contributed by atoms with E-state index in [1.807, 2.05) is 6.92 Å². The van der Waals surface area contributed by atoms with E-state index in [4.69, 9.17) is 5.11 Å². The summed E-state index contributed by atoms with van der Waals surface area (Å²) in [6.45, 7) is 4.39. The van der Waals surface area contributed by atoms with Crippen molar-refractivity contribution in [1.29, 1.82) is 0 Å². The number of amides is 1. The van der Waals surface area contributed by atoms with E-state index < -0.39 is 5.97 Å². The molecule has 0 aliphatic heterocycles. The van der Waals surface area contributed by atoms with Gasteiger partial charge in [-0.3, -0.25) is 14.2 Å². The highest BCUT2D eigenvalue weighted by molar-refractivity contribution is 7.20. The van der Waals surface area contributed by atoms with Crippen molar-refractivity contribution in [2.75, 3.05) is 0 Å². The topological polar surface area (TPSA) is 101 Å². The number of thiophene rings is 1. The first-order valence-electron chi connectivity index (χ1n) is 8.01. The molecule has 1 amide bonds. The number of hydrogen-bond acceptors (Lipinski definition) is 5. The smallest absolute Gasteiger partial charge is 0.335 e. The number of fused-ring (bicyclic) bond motifs is 1. The van der Waals surface area contributed by atoms with Crippen LogP contribution in [0.1, 0.15) is 38.1 Å². The Hall–Kier alpha value is -3.00. The Morgan fingerprint density at radius 3 is 2.58 bits per heavy atom. The van der Waals surface area contributed by atoms with E-state index in [0.717, 1.165) is 5.56 Å². The third-order valence-electron chi connectivity index (χ3n) is 4.12. The molecule has 0 aliphatic rings. The third kappa shape index (κ3) is 3.23. The summed E-state index contributed by atoms with van der Waals surface area (Å²) < 4.78 is 1.51. The molecule has 0 unspecified atom stereocenters. The minimum absolute atomic E-state index is 0.144. The van der Waals surface area contributed by atoms with E-state index in [0.29, 0.717) is 27.2 Å². The molecule has 0 atom stereocenters. The lowest BCUT2D eigenvalue weighted by atomic mass is 10.1. The highest BCUT2D eigenvalue weighted by atomic mass is 32.1. The first-order chi connectivity index (χ1) is 12.4. The van der Waals surface area contributed by atoms with Crippen molar-refractivity contribution in [2.45, 2.75) is 26.9 Å². The van der Waals surface area contributed by atoms with Crippen LogP contribution in [0.4, 0.5) is 0 Å². The number of rotatable bonds is 5. The fourth-order valence-corrected chi connectivity index (χ4v) is 3.68. The van der Waals surface area contributed by atoms with Crippen LogP contribution in [0.25, 0.3) is 10.2 Å². The number of carboxylic acid groups (broad SMARTS) is 1. The predicted octanol–water partition coefficient (Wildman–Crippen LogP) is 2.41. The highest BCUT2D eigenvalue weighted by Gasteiger charge is 2.19. The number of nitrogens with zero attached hydrogens (tertiary/aromatic N) is 2. The Kier molecular flexibility index (Phi) is 4.85. The zero-order chi connectivity index (χ0) is 18.8. The Morgan fingerprint density at radius 2 is 1.96 bits per heavy atom. The van der Waals surface area contributed by atoms with E-state index in [1.54, 1.807) is 19.1 Å². The first-order valence-corrected chi connectivity index (χ1v) is 8.83. The van der Waals surface area contributed by atoms with Crippen molar-refractivity contribution in [1.82, 2.24) is 14.9 Å². The highest BCUT2D eigenvalue weighted by Crippen LogP contribution is 2.26. The van der Waals surface area contributed by atoms with Gasteiger partial charge in [-0.2, -0.15) is 0 Å². The molecule has 1 aromatic carbocycles. The zero-order valence-electron chi connectivity index (χ0n) is 14.3. The van der Waals surface area contributed by atoms with Crippen LogP contribution in [0.5, 0.6) is 0 Å². The van der Waals surface area contributed by atoms with Crippen molar-refractivity contribution >= 4 is 33.4 Å². The summed E-state index contributed by atoms with van der Waals surface area (Å²) in [7, 11) is 0. The minimum Gasteiger partial charge on any atom is -0.478 e. The number of carbonyl (C=O) groups excluding carboxylic acids is 1. The maximum atomic E-state index is 12.5. The summed E-state index contributed by atoms with van der Waals surface area (Å²) in [6, 6.07) is 6.29. The number of aryl methyl sites for hydroxylation is 2. The molecule has 2 heterocycles. The molecule has 0 bridgehead atoms. The molecule has 0 radical (unpaired) electrons. The van der Waals surface area contributed by atoms with Crippen molar-refractivity contribution < 1.29 is 14.7 Å². The molecule has 26 heavy (non-hydrogen) atoms. The lowest BCUT2D eigenvalue weighted by Crippen LogP contribution is -2.23. The third-order valence-corrected chi connectivity index (χ3v) is 5.32. The van der Waals surface area contributed by atoms with E-state index in [1.165, 1.54) is 34.4 Å². The van der Waals surface area contributed by atoms with Gasteiger partial charge >= 0.3 is 5.97 Å². The number of nitrogens with one attached hydrogen (secondary N) is 1. The molecular weight excluding hydrogens is 354 g/mol. The number of aromatic nitrogens is 2. The molecule has 0 fully saturated rings. The molecule has 7 nitrogen and oxygen atoms in total. The van der Waals surface area contributed by atoms with E-state index in [2.05, 4.69) is 10.3 Å². The van der Waals surface area contributed by atoms with Gasteiger partial charge in [-0.05, 0) is 37.1 Å². The fourth-order valence-electron chi connectivity index (χ4n) is 2.63. The van der Waals surface area contributed by atoms with Gasteiger partial charge in [0, 0.05) is 13.1 Å². The van der Waals surface area contributed by atoms with Gasteiger partial charge in [0.05, 0.1) is 22.2 Å². The number of aromatic carboxylic acids is 1. The number of carbonyl (C=O) groups is 2. The number of carboxylic acids is 1. The lowest BCUT2D eigenvalue weighted by Gasteiger charge is -2.05. The average molecular weight is 371 g/mol. The molecular formula is C18H17N3O4S. The summed E-state index contributed by atoms with van der Waals surface area (Å²) in [5, 5.41) is 12.2. The van der Waals surface area contributed by atoms with Gasteiger partial charge in [0.15, 0.2) is 0 Å². The molecule has 8 heteroatoms.